The lowest BCUT2D eigenvalue weighted by Crippen LogP contribution is -2.42. The minimum atomic E-state index is 0.0636. The van der Waals surface area contributed by atoms with Crippen molar-refractivity contribution in [2.24, 2.45) is 10.9 Å². The molecule has 1 atom stereocenters. The number of carbonyl (C=O) groups is 1. The number of allylic oxidation sites excluding steroid dienone is 5. The van der Waals surface area contributed by atoms with Gasteiger partial charge in [0.25, 0.3) is 5.91 Å². The first-order valence-electron chi connectivity index (χ1n) is 12.5. The van der Waals surface area contributed by atoms with Gasteiger partial charge in [-0.25, -0.2) is 0 Å². The van der Waals surface area contributed by atoms with E-state index in [1.807, 2.05) is 44.1 Å². The molecule has 1 aromatic heterocycles. The van der Waals surface area contributed by atoms with E-state index in [-0.39, 0.29) is 5.91 Å². The standard InChI is InChI=1S/C23H28N2O2.C7H14N2/c1-17-7-4-5-9-22(17)18(2)13-19(3)24-14-20-8-6-11-25(15-20)23(26)21-10-12-27-16-21;1-6(2)7(9-4)5-8-3/h4-5,7,9-10,12-13,16,20,24H,2,6,8,11,14-15H2,1,3H3;5,9H,1-4H3/b19-13+;. The Hall–Kier alpha value is -3.54. The third-order valence-corrected chi connectivity index (χ3v) is 6.19. The summed E-state index contributed by atoms with van der Waals surface area (Å²) < 4.78 is 5.04. The molecule has 1 aliphatic rings. The molecular weight excluding hydrogens is 448 g/mol. The number of hydrogen-bond acceptors (Lipinski definition) is 5. The lowest BCUT2D eigenvalue weighted by molar-refractivity contribution is 0.0674. The molecule has 0 aliphatic carbocycles. The second-order valence-electron chi connectivity index (χ2n) is 9.37. The summed E-state index contributed by atoms with van der Waals surface area (Å²) in [6.45, 7) is 14.9. The highest BCUT2D eigenvalue weighted by atomic mass is 16.3. The van der Waals surface area contributed by atoms with E-state index in [2.05, 4.69) is 54.3 Å². The molecule has 0 radical (unpaired) electrons. The summed E-state index contributed by atoms with van der Waals surface area (Å²) >= 11 is 0. The molecular formula is C30H42N4O2. The van der Waals surface area contributed by atoms with Gasteiger partial charge in [0.1, 0.15) is 6.26 Å². The van der Waals surface area contributed by atoms with E-state index in [0.29, 0.717) is 11.5 Å². The van der Waals surface area contributed by atoms with Gasteiger partial charge in [0.2, 0.25) is 0 Å². The van der Waals surface area contributed by atoms with Crippen LogP contribution in [0.1, 0.15) is 55.1 Å². The number of benzene rings is 1. The molecule has 1 unspecified atom stereocenters. The van der Waals surface area contributed by atoms with Crippen LogP contribution in [0.25, 0.3) is 5.57 Å². The van der Waals surface area contributed by atoms with E-state index in [1.54, 1.807) is 19.4 Å². The molecule has 2 N–H and O–H groups in total. The van der Waals surface area contributed by atoms with Crippen molar-refractivity contribution in [3.8, 4) is 0 Å². The molecule has 1 saturated heterocycles. The monoisotopic (exact) mass is 490 g/mol. The summed E-state index contributed by atoms with van der Waals surface area (Å²) in [5, 5.41) is 6.54. The maximum Gasteiger partial charge on any atom is 0.257 e. The van der Waals surface area contributed by atoms with Crippen LogP contribution in [-0.2, 0) is 0 Å². The minimum Gasteiger partial charge on any atom is -0.472 e. The molecule has 0 saturated carbocycles. The number of likely N-dealkylation sites (tertiary alicyclic amines) is 1. The molecule has 6 nitrogen and oxygen atoms in total. The Morgan fingerprint density at radius 2 is 2.00 bits per heavy atom. The predicted octanol–water partition coefficient (Wildman–Crippen LogP) is 5.85. The molecule has 2 aromatic rings. The van der Waals surface area contributed by atoms with Crippen LogP contribution >= 0.6 is 0 Å². The van der Waals surface area contributed by atoms with E-state index >= 15 is 0 Å². The normalized spacial score (nSPS) is 15.7. The number of rotatable bonds is 8. The molecule has 1 amide bonds. The highest BCUT2D eigenvalue weighted by Gasteiger charge is 2.24. The lowest BCUT2D eigenvalue weighted by atomic mass is 9.97. The second-order valence-corrected chi connectivity index (χ2v) is 9.37. The highest BCUT2D eigenvalue weighted by Crippen LogP contribution is 2.21. The summed E-state index contributed by atoms with van der Waals surface area (Å²) in [7, 11) is 3.66. The maximum atomic E-state index is 12.5. The van der Waals surface area contributed by atoms with Crippen LogP contribution in [0.4, 0.5) is 0 Å². The predicted molar refractivity (Wildman–Crippen MR) is 151 cm³/mol. The summed E-state index contributed by atoms with van der Waals surface area (Å²) in [4.78, 5) is 18.3. The Balaban J connectivity index is 0.000000434. The number of carbonyl (C=O) groups excluding carboxylic acids is 1. The summed E-state index contributed by atoms with van der Waals surface area (Å²) in [5.41, 5.74) is 7.50. The van der Waals surface area contributed by atoms with Crippen LogP contribution in [-0.4, -0.2) is 50.8 Å². The largest absolute Gasteiger partial charge is 0.472 e. The first-order valence-corrected chi connectivity index (χ1v) is 12.5. The van der Waals surface area contributed by atoms with Crippen LogP contribution in [0.3, 0.4) is 0 Å². The Bertz CT molecular complexity index is 1080. The van der Waals surface area contributed by atoms with E-state index in [9.17, 15) is 4.79 Å². The number of piperidine rings is 1. The summed E-state index contributed by atoms with van der Waals surface area (Å²) in [6, 6.07) is 10.0. The fourth-order valence-electron chi connectivity index (χ4n) is 4.19. The molecule has 1 fully saturated rings. The van der Waals surface area contributed by atoms with Gasteiger partial charge >= 0.3 is 0 Å². The minimum absolute atomic E-state index is 0.0636. The summed E-state index contributed by atoms with van der Waals surface area (Å²) in [6.07, 6.45) is 9.15. The van der Waals surface area contributed by atoms with Crippen molar-refractivity contribution in [3.05, 3.63) is 89.2 Å². The maximum absolute atomic E-state index is 12.5. The van der Waals surface area contributed by atoms with Gasteiger partial charge in [-0.3, -0.25) is 9.79 Å². The van der Waals surface area contributed by atoms with Gasteiger partial charge < -0.3 is 20.0 Å². The number of furan rings is 1. The van der Waals surface area contributed by atoms with Crippen molar-refractivity contribution < 1.29 is 9.21 Å². The van der Waals surface area contributed by atoms with Gasteiger partial charge in [-0.2, -0.15) is 0 Å². The number of nitrogens with zero attached hydrogens (tertiary/aromatic N) is 2. The zero-order valence-corrected chi connectivity index (χ0v) is 22.7. The Morgan fingerprint density at radius 3 is 2.58 bits per heavy atom. The van der Waals surface area contributed by atoms with Crippen LogP contribution in [0.2, 0.25) is 0 Å². The van der Waals surface area contributed by atoms with Crippen LogP contribution < -0.4 is 10.6 Å². The molecule has 36 heavy (non-hydrogen) atoms. The smallest absolute Gasteiger partial charge is 0.257 e. The molecule has 194 valence electrons. The van der Waals surface area contributed by atoms with E-state index in [1.165, 1.54) is 23.0 Å². The zero-order valence-electron chi connectivity index (χ0n) is 22.7. The average molecular weight is 491 g/mol. The van der Waals surface area contributed by atoms with E-state index < -0.39 is 0 Å². The molecule has 0 spiro atoms. The van der Waals surface area contributed by atoms with Crippen LogP contribution in [0.5, 0.6) is 0 Å². The van der Waals surface area contributed by atoms with Crippen molar-refractivity contribution >= 4 is 17.7 Å². The number of hydrogen-bond donors (Lipinski definition) is 2. The third-order valence-electron chi connectivity index (χ3n) is 6.19. The first kappa shape index (κ1) is 28.7. The number of nitrogens with one attached hydrogen (secondary N) is 2. The van der Waals surface area contributed by atoms with Gasteiger partial charge in [0, 0.05) is 45.6 Å². The topological polar surface area (TPSA) is 69.9 Å². The van der Waals surface area contributed by atoms with Crippen LogP contribution in [0, 0.1) is 12.8 Å². The number of aliphatic imine (C=N–C) groups is 1. The van der Waals surface area contributed by atoms with E-state index in [4.69, 9.17) is 4.42 Å². The molecule has 6 heteroatoms. The summed E-state index contributed by atoms with van der Waals surface area (Å²) in [5.74, 6) is 0.512. The first-order chi connectivity index (χ1) is 17.3. The van der Waals surface area contributed by atoms with Gasteiger partial charge in [0.05, 0.1) is 17.5 Å². The Labute approximate surface area is 216 Å². The number of amides is 1. The van der Waals surface area contributed by atoms with Crippen molar-refractivity contribution in [3.63, 3.8) is 0 Å². The lowest BCUT2D eigenvalue weighted by Gasteiger charge is -2.33. The van der Waals surface area contributed by atoms with Crippen molar-refractivity contribution in [1.29, 1.82) is 0 Å². The molecule has 3 rings (SSSR count). The van der Waals surface area contributed by atoms with Crippen LogP contribution in [0.15, 0.2) is 81.9 Å². The van der Waals surface area contributed by atoms with Gasteiger partial charge in [-0.1, -0.05) is 36.4 Å². The molecule has 1 aliphatic heterocycles. The molecule has 1 aromatic carbocycles. The third kappa shape index (κ3) is 8.91. The second kappa shape index (κ2) is 14.8. The average Bonchev–Trinajstić information content (AvgIpc) is 3.41. The van der Waals surface area contributed by atoms with Crippen molar-refractivity contribution in [2.75, 3.05) is 33.7 Å². The fourth-order valence-corrected chi connectivity index (χ4v) is 4.19. The van der Waals surface area contributed by atoms with E-state index in [0.717, 1.165) is 49.4 Å². The van der Waals surface area contributed by atoms with Gasteiger partial charge in [-0.05, 0) is 75.3 Å². The van der Waals surface area contributed by atoms with Gasteiger partial charge in [-0.15, -0.1) is 0 Å². The number of aryl methyl sites for hydroxylation is 1. The SMILES string of the molecule is C=C(/C=C(\C)NCC1CCCN(C(=O)c2ccoc2)C1)c1ccccc1C.CN=CC(NC)=C(C)C. The van der Waals surface area contributed by atoms with Crippen molar-refractivity contribution in [1.82, 2.24) is 15.5 Å². The Morgan fingerprint density at radius 1 is 1.25 bits per heavy atom. The van der Waals surface area contributed by atoms with Gasteiger partial charge in [0.15, 0.2) is 0 Å². The highest BCUT2D eigenvalue weighted by molar-refractivity contribution is 5.93. The molecule has 0 bridgehead atoms. The zero-order chi connectivity index (χ0) is 26.5. The van der Waals surface area contributed by atoms with Crippen molar-refractivity contribution in [2.45, 2.75) is 40.5 Å². The fraction of sp³-hybridized carbons (Fsp3) is 0.400. The quantitative estimate of drug-likeness (QED) is 0.360. The molecule has 2 heterocycles. The Kier molecular flexibility index (Phi) is 11.8.